The van der Waals surface area contributed by atoms with E-state index in [4.69, 9.17) is 5.84 Å². The highest BCUT2D eigenvalue weighted by Gasteiger charge is 2.32. The van der Waals surface area contributed by atoms with Gasteiger partial charge in [0.25, 0.3) is 0 Å². The van der Waals surface area contributed by atoms with Crippen molar-refractivity contribution in [3.8, 4) is 0 Å². The van der Waals surface area contributed by atoms with E-state index in [1.807, 2.05) is 0 Å². The molecule has 3 nitrogen and oxygen atoms in total. The number of nitrogens with two attached hydrogens (primary N) is 1. The van der Waals surface area contributed by atoms with Gasteiger partial charge >= 0.3 is 0 Å². The van der Waals surface area contributed by atoms with Gasteiger partial charge < -0.3 is 4.90 Å². The number of hydrazine groups is 1. The fourth-order valence-electron chi connectivity index (χ4n) is 2.97. The largest absolute Gasteiger partial charge is 0.300 e. The van der Waals surface area contributed by atoms with Gasteiger partial charge in [-0.2, -0.15) is 0 Å². The Kier molecular flexibility index (Phi) is 3.19. The first kappa shape index (κ1) is 9.44. The van der Waals surface area contributed by atoms with E-state index in [0.29, 0.717) is 0 Å². The normalized spacial score (nSPS) is 35.8. The maximum Gasteiger partial charge on any atom is 0.0141 e. The van der Waals surface area contributed by atoms with Crippen LogP contribution in [0.3, 0.4) is 0 Å². The van der Waals surface area contributed by atoms with Crippen molar-refractivity contribution in [2.24, 2.45) is 11.8 Å². The first-order chi connectivity index (χ1) is 6.42. The molecule has 0 aromatic carbocycles. The molecule has 0 saturated carbocycles. The molecule has 0 bridgehead atoms. The average molecular weight is 183 g/mol. The number of fused-ring (bicyclic) bond motifs is 1. The Bertz CT molecular complexity index is 156. The second kappa shape index (κ2) is 4.40. The number of nitrogens with zero attached hydrogens (tertiary/aromatic N) is 1. The minimum Gasteiger partial charge on any atom is -0.300 e. The van der Waals surface area contributed by atoms with Crippen LogP contribution in [0.15, 0.2) is 0 Å². The summed E-state index contributed by atoms with van der Waals surface area (Å²) in [5.41, 5.74) is 2.84. The molecular formula is C10H21N3. The molecule has 2 saturated heterocycles. The van der Waals surface area contributed by atoms with Gasteiger partial charge in [-0.25, -0.2) is 0 Å². The van der Waals surface area contributed by atoms with Crippen molar-refractivity contribution >= 4 is 0 Å². The molecule has 3 heteroatoms. The van der Waals surface area contributed by atoms with Gasteiger partial charge in [-0.05, 0) is 44.7 Å². The van der Waals surface area contributed by atoms with E-state index in [1.165, 1.54) is 45.2 Å². The summed E-state index contributed by atoms with van der Waals surface area (Å²) >= 11 is 0. The van der Waals surface area contributed by atoms with Crippen LogP contribution in [0.4, 0.5) is 0 Å². The van der Waals surface area contributed by atoms with E-state index < -0.39 is 0 Å². The van der Waals surface area contributed by atoms with Gasteiger partial charge in [0.15, 0.2) is 0 Å². The zero-order valence-corrected chi connectivity index (χ0v) is 8.34. The highest BCUT2D eigenvalue weighted by atomic mass is 15.2. The fraction of sp³-hybridized carbons (Fsp3) is 1.00. The zero-order chi connectivity index (χ0) is 9.10. The number of hydrogen-bond acceptors (Lipinski definition) is 3. The van der Waals surface area contributed by atoms with Crippen LogP contribution >= 0.6 is 0 Å². The minimum atomic E-state index is 0.805. The SMILES string of the molecule is NNC[C@H]1CCCN2CCCC[C@H]12. The van der Waals surface area contributed by atoms with Gasteiger partial charge in [0.1, 0.15) is 0 Å². The highest BCUT2D eigenvalue weighted by molar-refractivity contribution is 4.87. The van der Waals surface area contributed by atoms with Crippen molar-refractivity contribution in [1.29, 1.82) is 0 Å². The molecule has 2 atom stereocenters. The molecule has 0 aliphatic carbocycles. The number of hydrogen-bond donors (Lipinski definition) is 2. The van der Waals surface area contributed by atoms with Crippen molar-refractivity contribution in [3.05, 3.63) is 0 Å². The summed E-state index contributed by atoms with van der Waals surface area (Å²) < 4.78 is 0. The van der Waals surface area contributed by atoms with Crippen LogP contribution in [0.2, 0.25) is 0 Å². The summed E-state index contributed by atoms with van der Waals surface area (Å²) in [6, 6.07) is 0.832. The van der Waals surface area contributed by atoms with Gasteiger partial charge in [-0.1, -0.05) is 6.42 Å². The summed E-state index contributed by atoms with van der Waals surface area (Å²) in [7, 11) is 0. The molecule has 3 N–H and O–H groups in total. The summed E-state index contributed by atoms with van der Waals surface area (Å²) in [5.74, 6) is 6.22. The fourth-order valence-corrected chi connectivity index (χ4v) is 2.97. The second-order valence-corrected chi connectivity index (χ2v) is 4.41. The molecule has 2 fully saturated rings. The monoisotopic (exact) mass is 183 g/mol. The molecule has 0 aromatic rings. The molecule has 2 rings (SSSR count). The van der Waals surface area contributed by atoms with Crippen LogP contribution in [-0.4, -0.2) is 30.6 Å². The van der Waals surface area contributed by atoms with E-state index in [0.717, 1.165) is 18.5 Å². The van der Waals surface area contributed by atoms with Gasteiger partial charge in [0, 0.05) is 12.6 Å². The van der Waals surface area contributed by atoms with Crippen molar-refractivity contribution in [1.82, 2.24) is 10.3 Å². The Morgan fingerprint density at radius 1 is 1.15 bits per heavy atom. The van der Waals surface area contributed by atoms with Gasteiger partial charge in [0.2, 0.25) is 0 Å². The van der Waals surface area contributed by atoms with Crippen molar-refractivity contribution in [3.63, 3.8) is 0 Å². The lowest BCUT2D eigenvalue weighted by Gasteiger charge is -2.44. The van der Waals surface area contributed by atoms with E-state index in [9.17, 15) is 0 Å². The lowest BCUT2D eigenvalue weighted by atomic mass is 9.84. The van der Waals surface area contributed by atoms with E-state index >= 15 is 0 Å². The molecule has 0 radical (unpaired) electrons. The minimum absolute atomic E-state index is 0.805. The summed E-state index contributed by atoms with van der Waals surface area (Å²) in [6.45, 7) is 3.65. The molecular weight excluding hydrogens is 162 g/mol. The molecule has 13 heavy (non-hydrogen) atoms. The first-order valence-corrected chi connectivity index (χ1v) is 5.59. The van der Waals surface area contributed by atoms with Crippen LogP contribution in [0.1, 0.15) is 32.1 Å². The molecule has 76 valence electrons. The molecule has 2 heterocycles. The van der Waals surface area contributed by atoms with Crippen LogP contribution in [0.25, 0.3) is 0 Å². The third kappa shape index (κ3) is 2.03. The van der Waals surface area contributed by atoms with Crippen molar-refractivity contribution < 1.29 is 0 Å². The third-order valence-corrected chi connectivity index (χ3v) is 3.61. The predicted octanol–water partition coefficient (Wildman–Crippen LogP) is 0.714. The Morgan fingerprint density at radius 3 is 2.85 bits per heavy atom. The Hall–Kier alpha value is -0.120. The van der Waals surface area contributed by atoms with Crippen molar-refractivity contribution in [2.45, 2.75) is 38.1 Å². The maximum atomic E-state index is 5.41. The zero-order valence-electron chi connectivity index (χ0n) is 8.34. The number of rotatable bonds is 2. The van der Waals surface area contributed by atoms with Crippen molar-refractivity contribution in [2.75, 3.05) is 19.6 Å². The second-order valence-electron chi connectivity index (χ2n) is 4.41. The lowest BCUT2D eigenvalue weighted by Crippen LogP contribution is -2.51. The van der Waals surface area contributed by atoms with Crippen LogP contribution < -0.4 is 11.3 Å². The smallest absolute Gasteiger partial charge is 0.0141 e. The molecule has 2 aliphatic rings. The summed E-state index contributed by atoms with van der Waals surface area (Å²) in [4.78, 5) is 2.68. The van der Waals surface area contributed by atoms with Crippen LogP contribution in [0, 0.1) is 5.92 Å². The molecule has 2 aliphatic heterocycles. The number of nitrogens with one attached hydrogen (secondary N) is 1. The Morgan fingerprint density at radius 2 is 2.00 bits per heavy atom. The van der Waals surface area contributed by atoms with Gasteiger partial charge in [0.05, 0.1) is 0 Å². The van der Waals surface area contributed by atoms with Gasteiger partial charge in [-0.15, -0.1) is 0 Å². The van der Waals surface area contributed by atoms with E-state index in [1.54, 1.807) is 0 Å². The Labute approximate surface area is 80.6 Å². The molecule has 0 unspecified atom stereocenters. The van der Waals surface area contributed by atoms with Crippen LogP contribution in [-0.2, 0) is 0 Å². The highest BCUT2D eigenvalue weighted by Crippen LogP contribution is 2.30. The summed E-state index contributed by atoms with van der Waals surface area (Å²) in [6.07, 6.45) is 6.95. The average Bonchev–Trinajstić information content (AvgIpc) is 2.19. The standard InChI is InChI=1S/C10H21N3/c11-12-8-9-4-3-7-13-6-2-1-5-10(9)13/h9-10,12H,1-8,11H2/t9-,10-/m1/s1. The number of piperidine rings is 2. The Balaban J connectivity index is 1.94. The van der Waals surface area contributed by atoms with E-state index in [2.05, 4.69) is 10.3 Å². The topological polar surface area (TPSA) is 41.3 Å². The van der Waals surface area contributed by atoms with Gasteiger partial charge in [-0.3, -0.25) is 11.3 Å². The molecule has 0 aromatic heterocycles. The lowest BCUT2D eigenvalue weighted by molar-refractivity contribution is 0.0595. The predicted molar refractivity (Wildman–Crippen MR) is 54.1 cm³/mol. The van der Waals surface area contributed by atoms with Crippen LogP contribution in [0.5, 0.6) is 0 Å². The summed E-state index contributed by atoms with van der Waals surface area (Å²) in [5, 5.41) is 0. The molecule has 0 amide bonds. The quantitative estimate of drug-likeness (QED) is 0.489. The maximum absolute atomic E-state index is 5.41. The first-order valence-electron chi connectivity index (χ1n) is 5.59. The third-order valence-electron chi connectivity index (χ3n) is 3.61. The molecule has 0 spiro atoms. The van der Waals surface area contributed by atoms with E-state index in [-0.39, 0.29) is 0 Å².